The monoisotopic (exact) mass is 250 g/mol. The van der Waals surface area contributed by atoms with Crippen molar-refractivity contribution in [1.82, 2.24) is 14.9 Å². The quantitative estimate of drug-likeness (QED) is 0.797. The van der Waals surface area contributed by atoms with Crippen molar-refractivity contribution < 1.29 is 4.79 Å². The third kappa shape index (κ3) is 2.90. The van der Waals surface area contributed by atoms with Crippen molar-refractivity contribution in [3.63, 3.8) is 0 Å². The summed E-state index contributed by atoms with van der Waals surface area (Å²) in [4.78, 5) is 16.3. The Morgan fingerprint density at radius 1 is 1.61 bits per heavy atom. The number of hydrogen-bond donors (Lipinski definition) is 2. The molecule has 0 radical (unpaired) electrons. The van der Waals surface area contributed by atoms with E-state index in [0.717, 1.165) is 31.5 Å². The second-order valence-electron chi connectivity index (χ2n) is 5.03. The molecule has 1 amide bonds. The maximum atomic E-state index is 12.0. The summed E-state index contributed by atoms with van der Waals surface area (Å²) in [6, 6.07) is 0. The van der Waals surface area contributed by atoms with Crippen molar-refractivity contribution in [1.29, 1.82) is 0 Å². The van der Waals surface area contributed by atoms with E-state index in [-0.39, 0.29) is 11.8 Å². The van der Waals surface area contributed by atoms with Gasteiger partial charge in [0.05, 0.1) is 0 Å². The molecular weight excluding hydrogens is 228 g/mol. The van der Waals surface area contributed by atoms with Crippen molar-refractivity contribution in [3.8, 4) is 0 Å². The van der Waals surface area contributed by atoms with Gasteiger partial charge in [-0.2, -0.15) is 0 Å². The van der Waals surface area contributed by atoms with Gasteiger partial charge in [0, 0.05) is 38.3 Å². The molecule has 2 atom stereocenters. The van der Waals surface area contributed by atoms with Crippen LogP contribution in [0.3, 0.4) is 0 Å². The van der Waals surface area contributed by atoms with Crippen molar-refractivity contribution in [2.75, 3.05) is 13.1 Å². The highest BCUT2D eigenvalue weighted by molar-refractivity contribution is 5.79. The van der Waals surface area contributed by atoms with E-state index in [9.17, 15) is 4.79 Å². The summed E-state index contributed by atoms with van der Waals surface area (Å²) in [7, 11) is 1.96. The Hall–Kier alpha value is -1.36. The number of nitrogens with two attached hydrogens (primary N) is 1. The minimum atomic E-state index is 0.122. The molecule has 1 aromatic rings. The molecule has 1 saturated carbocycles. The Balaban J connectivity index is 1.76. The highest BCUT2D eigenvalue weighted by Crippen LogP contribution is 2.30. The third-order valence-corrected chi connectivity index (χ3v) is 3.87. The number of rotatable bonds is 5. The number of amides is 1. The second-order valence-corrected chi connectivity index (χ2v) is 5.03. The fourth-order valence-corrected chi connectivity index (χ4v) is 2.73. The molecule has 1 aliphatic rings. The fraction of sp³-hybridized carbons (Fsp3) is 0.692. The van der Waals surface area contributed by atoms with Gasteiger partial charge in [-0.1, -0.05) is 6.42 Å². The van der Waals surface area contributed by atoms with E-state index < -0.39 is 0 Å². The Morgan fingerprint density at radius 3 is 3.11 bits per heavy atom. The summed E-state index contributed by atoms with van der Waals surface area (Å²) >= 11 is 0. The zero-order valence-electron chi connectivity index (χ0n) is 10.9. The van der Waals surface area contributed by atoms with Crippen LogP contribution in [0.25, 0.3) is 0 Å². The number of nitrogens with zero attached hydrogens (tertiary/aromatic N) is 2. The summed E-state index contributed by atoms with van der Waals surface area (Å²) in [5.74, 6) is 1.66. The van der Waals surface area contributed by atoms with E-state index in [1.165, 1.54) is 0 Å². The minimum absolute atomic E-state index is 0.122. The molecule has 2 rings (SSSR count). The number of carbonyl (C=O) groups excluding carboxylic acids is 1. The molecule has 3 N–H and O–H groups in total. The summed E-state index contributed by atoms with van der Waals surface area (Å²) in [6.07, 6.45) is 7.66. The summed E-state index contributed by atoms with van der Waals surface area (Å²) in [6.45, 7) is 1.27. The zero-order chi connectivity index (χ0) is 13.0. The van der Waals surface area contributed by atoms with Crippen molar-refractivity contribution >= 4 is 5.91 Å². The van der Waals surface area contributed by atoms with E-state index in [1.807, 2.05) is 17.8 Å². The molecule has 0 aliphatic heterocycles. The van der Waals surface area contributed by atoms with E-state index >= 15 is 0 Å². The molecule has 5 nitrogen and oxygen atoms in total. The lowest BCUT2D eigenvalue weighted by molar-refractivity contribution is -0.125. The molecule has 0 bridgehead atoms. The van der Waals surface area contributed by atoms with Crippen molar-refractivity contribution in [2.45, 2.75) is 25.7 Å². The van der Waals surface area contributed by atoms with Gasteiger partial charge in [-0.25, -0.2) is 4.98 Å². The first-order valence-electron chi connectivity index (χ1n) is 6.66. The van der Waals surface area contributed by atoms with Gasteiger partial charge in [-0.05, 0) is 25.3 Å². The Morgan fingerprint density at radius 2 is 2.44 bits per heavy atom. The molecule has 2 unspecified atom stereocenters. The van der Waals surface area contributed by atoms with Crippen LogP contribution < -0.4 is 11.1 Å². The van der Waals surface area contributed by atoms with Gasteiger partial charge in [0.1, 0.15) is 5.82 Å². The SMILES string of the molecule is Cn1ccnc1CCNC(=O)C1CCCC1CN. The van der Waals surface area contributed by atoms with E-state index in [0.29, 0.717) is 19.0 Å². The molecule has 1 aromatic heterocycles. The van der Waals surface area contributed by atoms with Crippen LogP contribution in [-0.2, 0) is 18.3 Å². The predicted octanol–water partition coefficient (Wildman–Crippen LogP) is 0.454. The maximum absolute atomic E-state index is 12.0. The lowest BCUT2D eigenvalue weighted by Gasteiger charge is -2.17. The topological polar surface area (TPSA) is 72.9 Å². The first kappa shape index (κ1) is 13.1. The van der Waals surface area contributed by atoms with Crippen LogP contribution in [0.4, 0.5) is 0 Å². The fourth-order valence-electron chi connectivity index (χ4n) is 2.73. The summed E-state index contributed by atoms with van der Waals surface area (Å²) < 4.78 is 1.98. The molecule has 18 heavy (non-hydrogen) atoms. The number of aryl methyl sites for hydroxylation is 1. The van der Waals surface area contributed by atoms with Gasteiger partial charge in [0.2, 0.25) is 5.91 Å². The maximum Gasteiger partial charge on any atom is 0.223 e. The standard InChI is InChI=1S/C13H22N4O/c1-17-8-7-15-12(17)5-6-16-13(18)11-4-2-3-10(11)9-14/h7-8,10-11H,2-6,9,14H2,1H3,(H,16,18). The van der Waals surface area contributed by atoms with Crippen LogP contribution in [0.1, 0.15) is 25.1 Å². The summed E-state index contributed by atoms with van der Waals surface area (Å²) in [5.41, 5.74) is 5.69. The molecule has 1 heterocycles. The van der Waals surface area contributed by atoms with Gasteiger partial charge >= 0.3 is 0 Å². The number of imidazole rings is 1. The van der Waals surface area contributed by atoms with E-state index in [2.05, 4.69) is 10.3 Å². The van der Waals surface area contributed by atoms with Crippen LogP contribution in [-0.4, -0.2) is 28.5 Å². The minimum Gasteiger partial charge on any atom is -0.355 e. The third-order valence-electron chi connectivity index (χ3n) is 3.87. The van der Waals surface area contributed by atoms with Gasteiger partial charge in [0.25, 0.3) is 0 Å². The first-order valence-corrected chi connectivity index (χ1v) is 6.66. The average Bonchev–Trinajstić information content (AvgIpc) is 2.98. The molecule has 0 aromatic carbocycles. The molecule has 1 fully saturated rings. The predicted molar refractivity (Wildman–Crippen MR) is 69.8 cm³/mol. The van der Waals surface area contributed by atoms with Gasteiger partial charge in [-0.3, -0.25) is 4.79 Å². The van der Waals surface area contributed by atoms with Gasteiger partial charge < -0.3 is 15.6 Å². The highest BCUT2D eigenvalue weighted by Gasteiger charge is 2.31. The van der Waals surface area contributed by atoms with Crippen molar-refractivity contribution in [3.05, 3.63) is 18.2 Å². The number of hydrogen-bond acceptors (Lipinski definition) is 3. The van der Waals surface area contributed by atoms with Gasteiger partial charge in [-0.15, -0.1) is 0 Å². The molecule has 0 saturated heterocycles. The smallest absolute Gasteiger partial charge is 0.223 e. The normalized spacial score (nSPS) is 23.2. The Labute approximate surface area is 108 Å². The number of nitrogens with one attached hydrogen (secondary N) is 1. The molecular formula is C13H22N4O. The van der Waals surface area contributed by atoms with Crippen LogP contribution in [0.2, 0.25) is 0 Å². The van der Waals surface area contributed by atoms with Crippen LogP contribution in [0.5, 0.6) is 0 Å². The molecule has 1 aliphatic carbocycles. The number of carbonyl (C=O) groups is 1. The summed E-state index contributed by atoms with van der Waals surface area (Å²) in [5, 5.41) is 3.01. The highest BCUT2D eigenvalue weighted by atomic mass is 16.1. The van der Waals surface area contributed by atoms with Crippen LogP contribution in [0.15, 0.2) is 12.4 Å². The Kier molecular flexibility index (Phi) is 4.36. The number of aromatic nitrogens is 2. The second kappa shape index (κ2) is 6.00. The largest absolute Gasteiger partial charge is 0.355 e. The molecule has 5 heteroatoms. The average molecular weight is 250 g/mol. The van der Waals surface area contributed by atoms with Crippen LogP contribution in [0, 0.1) is 11.8 Å². The van der Waals surface area contributed by atoms with Crippen LogP contribution >= 0.6 is 0 Å². The van der Waals surface area contributed by atoms with Crippen molar-refractivity contribution in [2.24, 2.45) is 24.6 Å². The Bertz CT molecular complexity index is 401. The molecule has 100 valence electrons. The zero-order valence-corrected chi connectivity index (χ0v) is 10.9. The van der Waals surface area contributed by atoms with E-state index in [4.69, 9.17) is 5.73 Å². The molecule has 0 spiro atoms. The van der Waals surface area contributed by atoms with Gasteiger partial charge in [0.15, 0.2) is 0 Å². The lowest BCUT2D eigenvalue weighted by Crippen LogP contribution is -2.36. The first-order chi connectivity index (χ1) is 8.72. The lowest BCUT2D eigenvalue weighted by atomic mass is 9.95. The van der Waals surface area contributed by atoms with E-state index in [1.54, 1.807) is 6.20 Å².